The zero-order valence-electron chi connectivity index (χ0n) is 9.82. The molecule has 0 spiro atoms. The van der Waals surface area contributed by atoms with E-state index < -0.39 is 10.9 Å². The number of pyridine rings is 1. The number of carboxylic acid groups (broad SMARTS) is 1. The fourth-order valence-electron chi connectivity index (χ4n) is 1.40. The molecule has 1 heterocycles. The first-order valence-corrected chi connectivity index (χ1v) is 6.48. The normalized spacial score (nSPS) is 10.2. The van der Waals surface area contributed by atoms with Gasteiger partial charge in [-0.15, -0.1) is 0 Å². The first-order valence-electron chi connectivity index (χ1n) is 5.28. The van der Waals surface area contributed by atoms with Crippen LogP contribution in [0.15, 0.2) is 46.5 Å². The Labute approximate surface area is 122 Å². The molecule has 0 saturated heterocycles. The Kier molecular flexibility index (Phi) is 4.21. The molecule has 2 rings (SSSR count). The number of nitro groups is 1. The fourth-order valence-corrected chi connectivity index (χ4v) is 2.54. The summed E-state index contributed by atoms with van der Waals surface area (Å²) < 4.78 is 0. The molecule has 0 bridgehead atoms. The fraction of sp³-hybridized carbons (Fsp3) is 0. The molecule has 2 aromatic rings. The van der Waals surface area contributed by atoms with E-state index in [1.54, 1.807) is 0 Å². The second kappa shape index (κ2) is 5.89. The molecule has 8 heteroatoms. The van der Waals surface area contributed by atoms with Crippen LogP contribution in [0.5, 0.6) is 0 Å². The summed E-state index contributed by atoms with van der Waals surface area (Å²) in [6, 6.07) is 7.09. The van der Waals surface area contributed by atoms with Crippen LogP contribution in [0.3, 0.4) is 0 Å². The van der Waals surface area contributed by atoms with Crippen LogP contribution in [0.4, 0.5) is 5.69 Å². The van der Waals surface area contributed by atoms with Gasteiger partial charge in [-0.05, 0) is 24.3 Å². The molecular weight excluding hydrogens is 304 g/mol. The maximum Gasteiger partial charge on any atom is 0.337 e. The molecule has 0 aliphatic carbocycles. The van der Waals surface area contributed by atoms with E-state index in [1.165, 1.54) is 36.5 Å². The summed E-state index contributed by atoms with van der Waals surface area (Å²) in [6.07, 6.45) is 1.20. The summed E-state index contributed by atoms with van der Waals surface area (Å²) in [5.41, 5.74) is -0.0292. The zero-order valence-corrected chi connectivity index (χ0v) is 11.4. The van der Waals surface area contributed by atoms with Crippen molar-refractivity contribution in [1.82, 2.24) is 4.98 Å². The highest BCUT2D eigenvalue weighted by Gasteiger charge is 2.16. The minimum absolute atomic E-state index is 0.0509. The van der Waals surface area contributed by atoms with Gasteiger partial charge < -0.3 is 5.11 Å². The van der Waals surface area contributed by atoms with E-state index in [9.17, 15) is 14.9 Å². The van der Waals surface area contributed by atoms with Crippen molar-refractivity contribution >= 4 is 35.0 Å². The monoisotopic (exact) mass is 310 g/mol. The van der Waals surface area contributed by atoms with Crippen molar-refractivity contribution in [2.75, 3.05) is 0 Å². The van der Waals surface area contributed by atoms with Gasteiger partial charge in [0.1, 0.15) is 5.03 Å². The smallest absolute Gasteiger partial charge is 0.337 e. The lowest BCUT2D eigenvalue weighted by atomic mass is 10.3. The van der Waals surface area contributed by atoms with Crippen molar-refractivity contribution in [1.29, 1.82) is 0 Å². The Morgan fingerprint density at radius 2 is 2.10 bits per heavy atom. The molecule has 102 valence electrons. The molecule has 0 saturated carbocycles. The SMILES string of the molecule is O=C(O)c1ccc(Sc2cc(Cl)ccc2[N+](=O)[O-])nc1. The maximum absolute atomic E-state index is 10.9. The van der Waals surface area contributed by atoms with Crippen molar-refractivity contribution < 1.29 is 14.8 Å². The van der Waals surface area contributed by atoms with Crippen LogP contribution >= 0.6 is 23.4 Å². The Morgan fingerprint density at radius 3 is 2.65 bits per heavy atom. The lowest BCUT2D eigenvalue weighted by Gasteiger charge is -2.03. The van der Waals surface area contributed by atoms with E-state index in [2.05, 4.69) is 4.98 Å². The number of nitro benzene ring substituents is 1. The largest absolute Gasteiger partial charge is 0.478 e. The van der Waals surface area contributed by atoms with Crippen LogP contribution in [0.1, 0.15) is 10.4 Å². The molecule has 0 atom stereocenters. The first kappa shape index (κ1) is 14.3. The van der Waals surface area contributed by atoms with Crippen LogP contribution in [-0.4, -0.2) is 21.0 Å². The average molecular weight is 311 g/mol. The van der Waals surface area contributed by atoms with E-state index >= 15 is 0 Å². The lowest BCUT2D eigenvalue weighted by molar-refractivity contribution is -0.387. The van der Waals surface area contributed by atoms with Crippen molar-refractivity contribution in [2.24, 2.45) is 0 Å². The predicted molar refractivity (Wildman–Crippen MR) is 73.4 cm³/mol. The third-order valence-electron chi connectivity index (χ3n) is 2.32. The summed E-state index contributed by atoms with van der Waals surface area (Å²) >= 11 is 6.87. The molecule has 1 N–H and O–H groups in total. The number of carbonyl (C=O) groups is 1. The third-order valence-corrected chi connectivity index (χ3v) is 3.55. The van der Waals surface area contributed by atoms with Crippen molar-refractivity contribution in [3.63, 3.8) is 0 Å². The number of carboxylic acids is 1. The minimum Gasteiger partial charge on any atom is -0.478 e. The summed E-state index contributed by atoms with van der Waals surface area (Å²) in [7, 11) is 0. The van der Waals surface area contributed by atoms with Gasteiger partial charge >= 0.3 is 5.97 Å². The number of hydrogen-bond donors (Lipinski definition) is 1. The van der Waals surface area contributed by atoms with Crippen LogP contribution in [-0.2, 0) is 0 Å². The van der Waals surface area contributed by atoms with Gasteiger partial charge in [0, 0.05) is 17.3 Å². The summed E-state index contributed by atoms with van der Waals surface area (Å²) in [5.74, 6) is -1.08. The zero-order chi connectivity index (χ0) is 14.7. The molecule has 20 heavy (non-hydrogen) atoms. The van der Waals surface area contributed by atoms with Crippen LogP contribution in [0.25, 0.3) is 0 Å². The Balaban J connectivity index is 2.31. The van der Waals surface area contributed by atoms with Gasteiger partial charge in [0.25, 0.3) is 5.69 Å². The number of nitrogens with zero attached hydrogens (tertiary/aromatic N) is 2. The van der Waals surface area contributed by atoms with Crippen LogP contribution in [0, 0.1) is 10.1 Å². The summed E-state index contributed by atoms with van der Waals surface area (Å²) in [4.78, 5) is 25.4. The maximum atomic E-state index is 10.9. The van der Waals surface area contributed by atoms with E-state index in [0.717, 1.165) is 11.8 Å². The van der Waals surface area contributed by atoms with Gasteiger partial charge in [-0.3, -0.25) is 10.1 Å². The van der Waals surface area contributed by atoms with E-state index in [-0.39, 0.29) is 11.3 Å². The molecule has 1 aromatic heterocycles. The van der Waals surface area contributed by atoms with E-state index in [4.69, 9.17) is 16.7 Å². The second-order valence-electron chi connectivity index (χ2n) is 3.66. The third kappa shape index (κ3) is 3.25. The Morgan fingerprint density at radius 1 is 1.35 bits per heavy atom. The van der Waals surface area contributed by atoms with E-state index in [0.29, 0.717) is 14.9 Å². The number of aromatic nitrogens is 1. The molecule has 1 aromatic carbocycles. The molecule has 0 amide bonds. The highest BCUT2D eigenvalue weighted by atomic mass is 35.5. The molecule has 0 aliphatic rings. The standard InChI is InChI=1S/C12H7ClN2O4S/c13-8-2-3-9(15(18)19)10(5-8)20-11-4-1-7(6-14-11)12(16)17/h1-6H,(H,16,17). The number of rotatable bonds is 4. The second-order valence-corrected chi connectivity index (χ2v) is 5.16. The molecule has 0 unspecified atom stereocenters. The van der Waals surface area contributed by atoms with E-state index in [1.807, 2.05) is 0 Å². The van der Waals surface area contributed by atoms with Gasteiger partial charge in [0.05, 0.1) is 15.4 Å². The van der Waals surface area contributed by atoms with Crippen molar-refractivity contribution in [2.45, 2.75) is 9.92 Å². The summed E-state index contributed by atoms with van der Waals surface area (Å²) in [5, 5.41) is 20.5. The number of hydrogen-bond acceptors (Lipinski definition) is 5. The van der Waals surface area contributed by atoms with Gasteiger partial charge in [-0.25, -0.2) is 9.78 Å². The number of aromatic carboxylic acids is 1. The van der Waals surface area contributed by atoms with Crippen molar-refractivity contribution in [3.05, 3.63) is 57.2 Å². The topological polar surface area (TPSA) is 93.3 Å². The summed E-state index contributed by atoms with van der Waals surface area (Å²) in [6.45, 7) is 0. The van der Waals surface area contributed by atoms with Gasteiger partial charge in [-0.1, -0.05) is 23.4 Å². The quantitative estimate of drug-likeness (QED) is 0.686. The lowest BCUT2D eigenvalue weighted by Crippen LogP contribution is -1.97. The minimum atomic E-state index is -1.08. The highest BCUT2D eigenvalue weighted by molar-refractivity contribution is 7.99. The molecular formula is C12H7ClN2O4S. The molecule has 0 aliphatic heterocycles. The molecule has 0 fully saturated rings. The highest BCUT2D eigenvalue weighted by Crippen LogP contribution is 2.35. The first-order chi connectivity index (χ1) is 9.47. The Hall–Kier alpha value is -2.12. The van der Waals surface area contributed by atoms with Gasteiger partial charge in [-0.2, -0.15) is 0 Å². The number of benzene rings is 1. The van der Waals surface area contributed by atoms with Gasteiger partial charge in [0.15, 0.2) is 0 Å². The Bertz CT molecular complexity index is 676. The van der Waals surface area contributed by atoms with Gasteiger partial charge in [0.2, 0.25) is 0 Å². The molecule has 0 radical (unpaired) electrons. The van der Waals surface area contributed by atoms with Crippen LogP contribution in [0.2, 0.25) is 5.02 Å². The molecule has 6 nitrogen and oxygen atoms in total. The van der Waals surface area contributed by atoms with Crippen LogP contribution < -0.4 is 0 Å². The average Bonchev–Trinajstić information content (AvgIpc) is 2.39. The predicted octanol–water partition coefficient (Wildman–Crippen LogP) is 3.49. The van der Waals surface area contributed by atoms with Crippen molar-refractivity contribution in [3.8, 4) is 0 Å². The number of halogens is 1.